The number of carbonyl (C=O) groups excluding carboxylic acids is 2. The molecule has 5 rings (SSSR count). The van der Waals surface area contributed by atoms with Crippen LogP contribution in [0.2, 0.25) is 5.02 Å². The van der Waals surface area contributed by atoms with E-state index in [2.05, 4.69) is 41.7 Å². The van der Waals surface area contributed by atoms with Crippen LogP contribution >= 0.6 is 11.6 Å². The molecule has 5 N–H and O–H groups in total. The van der Waals surface area contributed by atoms with Crippen molar-refractivity contribution in [2.75, 3.05) is 38.0 Å². The van der Waals surface area contributed by atoms with E-state index in [4.69, 9.17) is 11.6 Å². The van der Waals surface area contributed by atoms with Crippen molar-refractivity contribution >= 4 is 40.6 Å². The molecule has 1 atom stereocenters. The average Bonchev–Trinajstić information content (AvgIpc) is 3.73. The molecule has 0 unspecified atom stereocenters. The Morgan fingerprint density at radius 3 is 2.71 bits per heavy atom. The topological polar surface area (TPSA) is 142 Å². The minimum absolute atomic E-state index is 0.0328. The summed E-state index contributed by atoms with van der Waals surface area (Å²) < 4.78 is 68.7. The van der Waals surface area contributed by atoms with Crippen LogP contribution in [0.5, 0.6) is 0 Å². The van der Waals surface area contributed by atoms with Gasteiger partial charge in [-0.15, -0.1) is 0 Å². The Morgan fingerprint density at radius 1 is 1.18 bits per heavy atom. The first-order valence-electron chi connectivity index (χ1n) is 13.8. The number of hydrogen-bond donors (Lipinski definition) is 5. The molecule has 3 aromatic heterocycles. The van der Waals surface area contributed by atoms with E-state index in [0.717, 1.165) is 31.9 Å². The Labute approximate surface area is 257 Å². The van der Waals surface area contributed by atoms with Crippen molar-refractivity contribution < 1.29 is 31.5 Å². The van der Waals surface area contributed by atoms with Crippen LogP contribution in [0, 0.1) is 0 Å². The molecule has 1 aromatic carbocycles. The van der Waals surface area contributed by atoms with E-state index < -0.39 is 36.3 Å². The van der Waals surface area contributed by atoms with Crippen molar-refractivity contribution in [2.24, 2.45) is 0 Å². The molecule has 12 nitrogen and oxygen atoms in total. The Balaban J connectivity index is 1.22. The number of alkyl halides is 5. The predicted molar refractivity (Wildman–Crippen MR) is 155 cm³/mol. The largest absolute Gasteiger partial charge is 0.435 e. The molecular weight excluding hydrogens is 627 g/mol. The monoisotopic (exact) mass is 654 g/mol. The zero-order chi connectivity index (χ0) is 32.1. The van der Waals surface area contributed by atoms with E-state index in [-0.39, 0.29) is 52.8 Å². The molecular formula is C27H28ClF5N10O2. The van der Waals surface area contributed by atoms with Crippen molar-refractivity contribution in [2.45, 2.75) is 31.6 Å². The fourth-order valence-electron chi connectivity index (χ4n) is 4.79. The van der Waals surface area contributed by atoms with E-state index in [9.17, 15) is 31.5 Å². The molecule has 0 aliphatic carbocycles. The number of aromatic nitrogens is 5. The smallest absolute Gasteiger partial charge is 0.351 e. The minimum Gasteiger partial charge on any atom is -0.351 e. The van der Waals surface area contributed by atoms with Gasteiger partial charge < -0.3 is 26.6 Å². The highest BCUT2D eigenvalue weighted by Crippen LogP contribution is 2.37. The lowest BCUT2D eigenvalue weighted by Gasteiger charge is -2.12. The van der Waals surface area contributed by atoms with Crippen LogP contribution < -0.4 is 26.6 Å². The number of anilines is 2. The highest BCUT2D eigenvalue weighted by molar-refractivity contribution is 6.34. The van der Waals surface area contributed by atoms with Crippen LogP contribution in [0.4, 0.5) is 33.5 Å². The first kappa shape index (κ1) is 32.1. The third-order valence-electron chi connectivity index (χ3n) is 6.83. The first-order chi connectivity index (χ1) is 21.5. The van der Waals surface area contributed by atoms with Crippen molar-refractivity contribution in [3.63, 3.8) is 0 Å². The van der Waals surface area contributed by atoms with Crippen LogP contribution in [0.3, 0.4) is 0 Å². The van der Waals surface area contributed by atoms with Gasteiger partial charge >= 0.3 is 6.18 Å². The van der Waals surface area contributed by atoms with Gasteiger partial charge in [0, 0.05) is 50.0 Å². The molecule has 45 heavy (non-hydrogen) atoms. The van der Waals surface area contributed by atoms with Crippen LogP contribution in [-0.2, 0) is 17.5 Å². The summed E-state index contributed by atoms with van der Waals surface area (Å²) in [4.78, 5) is 33.0. The number of rotatable bonds is 12. The highest BCUT2D eigenvalue weighted by Gasteiger charge is 2.38. The van der Waals surface area contributed by atoms with Gasteiger partial charge in [-0.3, -0.25) is 18.7 Å². The fraction of sp³-hybridized carbons (Fsp3) is 0.370. The number of hydrogen-bond acceptors (Lipinski definition) is 8. The van der Waals surface area contributed by atoms with Gasteiger partial charge in [0.1, 0.15) is 6.54 Å². The summed E-state index contributed by atoms with van der Waals surface area (Å²) in [5.41, 5.74) is -1.03. The van der Waals surface area contributed by atoms with Gasteiger partial charge in [-0.05, 0) is 31.2 Å². The second-order valence-electron chi connectivity index (χ2n) is 10.1. The van der Waals surface area contributed by atoms with E-state index in [1.54, 1.807) is 6.07 Å². The van der Waals surface area contributed by atoms with Crippen LogP contribution in [0.1, 0.15) is 22.5 Å². The van der Waals surface area contributed by atoms with E-state index in [1.807, 2.05) is 0 Å². The summed E-state index contributed by atoms with van der Waals surface area (Å²) in [6.07, 6.45) is -2.14. The van der Waals surface area contributed by atoms with Gasteiger partial charge in [0.05, 0.1) is 34.6 Å². The molecule has 1 aliphatic rings. The quantitative estimate of drug-likeness (QED) is 0.116. The zero-order valence-corrected chi connectivity index (χ0v) is 24.2. The number of carbonyl (C=O) groups is 2. The molecule has 0 radical (unpaired) electrons. The summed E-state index contributed by atoms with van der Waals surface area (Å²) >= 11 is 6.37. The minimum atomic E-state index is -4.90. The third-order valence-corrected chi connectivity index (χ3v) is 7.15. The van der Waals surface area contributed by atoms with Crippen molar-refractivity contribution in [3.05, 3.63) is 59.3 Å². The van der Waals surface area contributed by atoms with E-state index in [1.165, 1.54) is 28.9 Å². The van der Waals surface area contributed by atoms with Gasteiger partial charge in [-0.25, -0.2) is 18.7 Å². The van der Waals surface area contributed by atoms with Gasteiger partial charge in [-0.1, -0.05) is 11.6 Å². The predicted octanol–water partition coefficient (Wildman–Crippen LogP) is 3.07. The lowest BCUT2D eigenvalue weighted by molar-refractivity contribution is -0.141. The maximum atomic E-state index is 13.7. The lowest BCUT2D eigenvalue weighted by Crippen LogP contribution is -2.42. The Kier molecular flexibility index (Phi) is 9.79. The third kappa shape index (κ3) is 7.84. The number of benzene rings is 1. The maximum absolute atomic E-state index is 13.7. The Morgan fingerprint density at radius 2 is 2.00 bits per heavy atom. The van der Waals surface area contributed by atoms with E-state index in [0.29, 0.717) is 16.9 Å². The molecule has 18 heteroatoms. The fourth-order valence-corrected chi connectivity index (χ4v) is 5.06. The molecule has 1 aliphatic heterocycles. The summed E-state index contributed by atoms with van der Waals surface area (Å²) in [6, 6.07) is 4.65. The van der Waals surface area contributed by atoms with Gasteiger partial charge in [0.2, 0.25) is 5.91 Å². The number of fused-ring (bicyclic) bond motifs is 1. The van der Waals surface area contributed by atoms with Crippen LogP contribution in [0.25, 0.3) is 16.9 Å². The highest BCUT2D eigenvalue weighted by atomic mass is 35.5. The Bertz CT molecular complexity index is 1670. The van der Waals surface area contributed by atoms with Crippen LogP contribution in [-0.4, -0.2) is 81.2 Å². The SMILES string of the molecule is O=C(CNCCNC(=O)c1ccc(Nc2nccn3c(-c4cn(CC(F)F)nc4C(F)(F)F)cnc23)cc1Cl)N[C@H]1CCNC1. The second kappa shape index (κ2) is 13.7. The number of amides is 2. The normalized spacial score (nSPS) is 15.1. The summed E-state index contributed by atoms with van der Waals surface area (Å²) in [7, 11) is 0. The molecule has 240 valence electrons. The van der Waals surface area contributed by atoms with Gasteiger partial charge in [-0.2, -0.15) is 18.3 Å². The summed E-state index contributed by atoms with van der Waals surface area (Å²) in [5, 5.41) is 18.2. The van der Waals surface area contributed by atoms with Crippen molar-refractivity contribution in [1.82, 2.24) is 45.4 Å². The van der Waals surface area contributed by atoms with Gasteiger partial charge in [0.25, 0.3) is 12.3 Å². The molecule has 4 heterocycles. The zero-order valence-electron chi connectivity index (χ0n) is 23.5. The molecule has 4 aromatic rings. The molecule has 2 amide bonds. The number of nitrogens with one attached hydrogen (secondary N) is 5. The first-order valence-corrected chi connectivity index (χ1v) is 14.2. The average molecular weight is 655 g/mol. The molecule has 0 spiro atoms. The van der Waals surface area contributed by atoms with Crippen molar-refractivity contribution in [1.29, 1.82) is 0 Å². The van der Waals surface area contributed by atoms with Crippen LogP contribution in [0.15, 0.2) is 43.0 Å². The Hall–Kier alpha value is -4.35. The number of nitrogens with zero attached hydrogens (tertiary/aromatic N) is 5. The lowest BCUT2D eigenvalue weighted by atomic mass is 10.2. The molecule has 0 bridgehead atoms. The maximum Gasteiger partial charge on any atom is 0.435 e. The standard InChI is InChI=1S/C27H28ClF5N10O2/c28-19-9-15(1-2-17(19)26(45)37-6-5-35-12-22(44)39-16-3-4-34-10-16)40-24-25-38-11-20(43(25)8-7-36-24)18-13-42(14-21(29)30)41-23(18)27(31,32)33/h1-2,7-9,11,13,16,21,34-35H,3-6,10,12,14H2,(H,36,40)(H,37,45)(H,39,44)/t16-/m0/s1. The molecule has 0 saturated carbocycles. The number of halogens is 6. The summed E-state index contributed by atoms with van der Waals surface area (Å²) in [6.45, 7) is 1.35. The van der Waals surface area contributed by atoms with E-state index >= 15 is 0 Å². The van der Waals surface area contributed by atoms with Crippen molar-refractivity contribution in [3.8, 4) is 11.3 Å². The van der Waals surface area contributed by atoms with Gasteiger partial charge in [0.15, 0.2) is 17.2 Å². The molecule has 1 fully saturated rings. The number of imidazole rings is 1. The second-order valence-corrected chi connectivity index (χ2v) is 10.5. The summed E-state index contributed by atoms with van der Waals surface area (Å²) in [5.74, 6) is -0.393. The molecule has 1 saturated heterocycles.